The number of nitrogens with one attached hydrogen (secondary N) is 2. The van der Waals surface area contributed by atoms with Gasteiger partial charge in [0, 0.05) is 12.6 Å². The lowest BCUT2D eigenvalue weighted by Gasteiger charge is -2.09. The molecule has 0 bridgehead atoms. The molecule has 0 atom stereocenters. The molecule has 0 radical (unpaired) electrons. The normalized spacial score (nSPS) is 10.9. The fraction of sp³-hybridized carbons (Fsp3) is 0.333. The first-order chi connectivity index (χ1) is 8.88. The van der Waals surface area contributed by atoms with Crippen LogP contribution in [0.1, 0.15) is 18.4 Å². The van der Waals surface area contributed by atoms with E-state index in [-0.39, 0.29) is 24.0 Å². The van der Waals surface area contributed by atoms with Gasteiger partial charge in [-0.2, -0.15) is 0 Å². The van der Waals surface area contributed by atoms with Gasteiger partial charge < -0.3 is 19.6 Å². The zero-order valence-corrected chi connectivity index (χ0v) is 13.0. The van der Waals surface area contributed by atoms with Gasteiger partial charge >= 0.3 is 0 Å². The number of hydrogen-bond acceptors (Lipinski definition) is 4. The average Bonchev–Trinajstić information content (AvgIpc) is 3.05. The third kappa shape index (κ3) is 5.33. The molecular formula is C12H17IN4O2. The Labute approximate surface area is 128 Å². The maximum absolute atomic E-state index is 5.24. The van der Waals surface area contributed by atoms with Crippen LogP contribution in [0.2, 0.25) is 0 Å². The zero-order chi connectivity index (χ0) is 12.6. The minimum absolute atomic E-state index is 0. The van der Waals surface area contributed by atoms with E-state index in [0.29, 0.717) is 13.1 Å². The highest BCUT2D eigenvalue weighted by atomic mass is 127. The Bertz CT molecular complexity index is 468. The SMILES string of the molecule is CCNC(=NCc1ccon1)NCc1ccco1.I. The van der Waals surface area contributed by atoms with Crippen LogP contribution in [0.25, 0.3) is 0 Å². The number of rotatable bonds is 5. The Morgan fingerprint density at radius 3 is 2.84 bits per heavy atom. The van der Waals surface area contributed by atoms with Crippen LogP contribution in [-0.2, 0) is 13.1 Å². The highest BCUT2D eigenvalue weighted by Crippen LogP contribution is 1.99. The molecule has 0 aliphatic rings. The summed E-state index contributed by atoms with van der Waals surface area (Å²) in [5, 5.41) is 10.1. The Balaban J connectivity index is 0.00000180. The van der Waals surface area contributed by atoms with Crippen molar-refractivity contribution in [2.45, 2.75) is 20.0 Å². The summed E-state index contributed by atoms with van der Waals surface area (Å²) in [5.41, 5.74) is 0.796. The molecule has 2 rings (SSSR count). The van der Waals surface area contributed by atoms with E-state index in [0.717, 1.165) is 24.0 Å². The summed E-state index contributed by atoms with van der Waals surface area (Å²) in [4.78, 5) is 4.39. The molecule has 6 nitrogen and oxygen atoms in total. The maximum atomic E-state index is 5.24. The lowest BCUT2D eigenvalue weighted by Crippen LogP contribution is -2.36. The van der Waals surface area contributed by atoms with Crippen molar-refractivity contribution in [3.63, 3.8) is 0 Å². The molecule has 0 spiro atoms. The summed E-state index contributed by atoms with van der Waals surface area (Å²) in [5.74, 6) is 1.58. The van der Waals surface area contributed by atoms with E-state index >= 15 is 0 Å². The molecular weight excluding hydrogens is 359 g/mol. The second-order valence-corrected chi connectivity index (χ2v) is 3.62. The predicted molar refractivity (Wildman–Crippen MR) is 82.3 cm³/mol. The fourth-order valence-electron chi connectivity index (χ4n) is 1.40. The van der Waals surface area contributed by atoms with Crippen molar-refractivity contribution < 1.29 is 8.94 Å². The Morgan fingerprint density at radius 1 is 1.32 bits per heavy atom. The van der Waals surface area contributed by atoms with Crippen molar-refractivity contribution >= 4 is 29.9 Å². The highest BCUT2D eigenvalue weighted by Gasteiger charge is 2.00. The number of guanidine groups is 1. The van der Waals surface area contributed by atoms with Crippen molar-refractivity contribution in [1.82, 2.24) is 15.8 Å². The predicted octanol–water partition coefficient (Wildman–Crippen LogP) is 2.14. The minimum atomic E-state index is 0. The van der Waals surface area contributed by atoms with Gasteiger partial charge in [0.05, 0.1) is 19.4 Å². The van der Waals surface area contributed by atoms with Crippen LogP contribution in [0.3, 0.4) is 0 Å². The lowest BCUT2D eigenvalue weighted by atomic mass is 10.4. The molecule has 0 amide bonds. The summed E-state index contributed by atoms with van der Waals surface area (Å²) in [6, 6.07) is 5.56. The van der Waals surface area contributed by atoms with E-state index < -0.39 is 0 Å². The van der Waals surface area contributed by atoms with Crippen LogP contribution in [0.4, 0.5) is 0 Å². The fourth-order valence-corrected chi connectivity index (χ4v) is 1.40. The molecule has 2 aromatic rings. The molecule has 0 aliphatic heterocycles. The van der Waals surface area contributed by atoms with E-state index in [1.165, 1.54) is 6.26 Å². The van der Waals surface area contributed by atoms with Crippen molar-refractivity contribution in [2.24, 2.45) is 4.99 Å². The monoisotopic (exact) mass is 376 g/mol. The summed E-state index contributed by atoms with van der Waals surface area (Å²) >= 11 is 0. The Hall–Kier alpha value is -1.51. The number of furan rings is 1. The standard InChI is InChI=1S/C12H16N4O2.HI/c1-2-13-12(14-8-10-5-7-18-16-10)15-9-11-4-3-6-17-11;/h3-7H,2,8-9H2,1H3,(H2,13,14,15);1H. The first kappa shape index (κ1) is 15.5. The van der Waals surface area contributed by atoms with Crippen molar-refractivity contribution in [3.8, 4) is 0 Å². The number of hydrogen-bond donors (Lipinski definition) is 2. The van der Waals surface area contributed by atoms with Gasteiger partial charge in [0.25, 0.3) is 0 Å². The van der Waals surface area contributed by atoms with Crippen LogP contribution in [0.15, 0.2) is 44.7 Å². The molecule has 0 saturated heterocycles. The number of aliphatic imine (C=N–C) groups is 1. The summed E-state index contributed by atoms with van der Waals surface area (Å²) in [6.45, 7) is 3.88. The third-order valence-corrected chi connectivity index (χ3v) is 2.24. The number of aromatic nitrogens is 1. The van der Waals surface area contributed by atoms with Gasteiger partial charge in [0.2, 0.25) is 0 Å². The third-order valence-electron chi connectivity index (χ3n) is 2.24. The molecule has 19 heavy (non-hydrogen) atoms. The van der Waals surface area contributed by atoms with Crippen LogP contribution in [-0.4, -0.2) is 17.7 Å². The largest absolute Gasteiger partial charge is 0.467 e. The van der Waals surface area contributed by atoms with Crippen LogP contribution in [0.5, 0.6) is 0 Å². The first-order valence-corrected chi connectivity index (χ1v) is 5.82. The first-order valence-electron chi connectivity index (χ1n) is 5.82. The molecule has 2 N–H and O–H groups in total. The molecule has 2 heterocycles. The molecule has 104 valence electrons. The molecule has 0 aliphatic carbocycles. The quantitative estimate of drug-likeness (QED) is 0.475. The maximum Gasteiger partial charge on any atom is 0.192 e. The van der Waals surface area contributed by atoms with Crippen molar-refractivity contribution in [1.29, 1.82) is 0 Å². The Kier molecular flexibility index (Phi) is 7.01. The lowest BCUT2D eigenvalue weighted by molar-refractivity contribution is 0.412. The van der Waals surface area contributed by atoms with Crippen molar-refractivity contribution in [3.05, 3.63) is 42.2 Å². The summed E-state index contributed by atoms with van der Waals surface area (Å²) in [6.07, 6.45) is 3.19. The topological polar surface area (TPSA) is 75.6 Å². The molecule has 0 fully saturated rings. The smallest absolute Gasteiger partial charge is 0.192 e. The highest BCUT2D eigenvalue weighted by molar-refractivity contribution is 14.0. The van der Waals surface area contributed by atoms with Crippen LogP contribution >= 0.6 is 24.0 Å². The van der Waals surface area contributed by atoms with E-state index in [1.54, 1.807) is 12.3 Å². The summed E-state index contributed by atoms with van der Waals surface area (Å²) < 4.78 is 9.99. The summed E-state index contributed by atoms with van der Waals surface area (Å²) in [7, 11) is 0. The van der Waals surface area contributed by atoms with Gasteiger partial charge in [-0.1, -0.05) is 5.16 Å². The Morgan fingerprint density at radius 2 is 2.21 bits per heavy atom. The van der Waals surface area contributed by atoms with Gasteiger partial charge in [0.1, 0.15) is 17.7 Å². The zero-order valence-electron chi connectivity index (χ0n) is 10.6. The van der Waals surface area contributed by atoms with E-state index in [2.05, 4.69) is 20.8 Å². The van der Waals surface area contributed by atoms with Gasteiger partial charge in [-0.25, -0.2) is 4.99 Å². The van der Waals surface area contributed by atoms with E-state index in [4.69, 9.17) is 8.94 Å². The molecule has 2 aromatic heterocycles. The molecule has 0 aromatic carbocycles. The van der Waals surface area contributed by atoms with Gasteiger partial charge in [-0.05, 0) is 19.1 Å². The van der Waals surface area contributed by atoms with Gasteiger partial charge in [-0.15, -0.1) is 24.0 Å². The van der Waals surface area contributed by atoms with Crippen molar-refractivity contribution in [2.75, 3.05) is 6.54 Å². The second kappa shape index (κ2) is 8.57. The van der Waals surface area contributed by atoms with Crippen LogP contribution in [0, 0.1) is 0 Å². The second-order valence-electron chi connectivity index (χ2n) is 3.62. The number of halogens is 1. The van der Waals surface area contributed by atoms with Crippen LogP contribution < -0.4 is 10.6 Å². The molecule has 0 unspecified atom stereocenters. The number of nitrogens with zero attached hydrogens (tertiary/aromatic N) is 2. The molecule has 7 heteroatoms. The average molecular weight is 376 g/mol. The van der Waals surface area contributed by atoms with Gasteiger partial charge in [-0.3, -0.25) is 0 Å². The van der Waals surface area contributed by atoms with Gasteiger partial charge in [0.15, 0.2) is 5.96 Å². The van der Waals surface area contributed by atoms with E-state index in [9.17, 15) is 0 Å². The van der Waals surface area contributed by atoms with E-state index in [1.807, 2.05) is 19.1 Å². The minimum Gasteiger partial charge on any atom is -0.467 e. The molecule has 0 saturated carbocycles.